The van der Waals surface area contributed by atoms with E-state index >= 15 is 0 Å². The maximum atomic E-state index is 4.49. The van der Waals surface area contributed by atoms with Gasteiger partial charge in [0.05, 0.1) is 0 Å². The molecule has 0 N–H and O–H groups in total. The summed E-state index contributed by atoms with van der Waals surface area (Å²) >= 11 is 3.73. The third-order valence-corrected chi connectivity index (χ3v) is 3.56. The quantitative estimate of drug-likeness (QED) is 0.740. The fraction of sp³-hybridized carbons (Fsp3) is 0.545. The molecule has 0 bridgehead atoms. The lowest BCUT2D eigenvalue weighted by Crippen LogP contribution is -2.06. The number of aryl methyl sites for hydroxylation is 1. The van der Waals surface area contributed by atoms with E-state index in [0.717, 1.165) is 18.0 Å². The van der Waals surface area contributed by atoms with Gasteiger partial charge in [0.2, 0.25) is 0 Å². The SMILES string of the molecule is Cc1cccc(CC(Br)C2CC2)n1. The summed E-state index contributed by atoms with van der Waals surface area (Å²) in [6.07, 6.45) is 3.86. The molecule has 1 nitrogen and oxygen atoms in total. The Morgan fingerprint density at radius 2 is 2.31 bits per heavy atom. The van der Waals surface area contributed by atoms with Gasteiger partial charge in [0, 0.05) is 22.6 Å². The van der Waals surface area contributed by atoms with E-state index in [9.17, 15) is 0 Å². The van der Waals surface area contributed by atoms with E-state index in [-0.39, 0.29) is 0 Å². The molecule has 0 aromatic carbocycles. The topological polar surface area (TPSA) is 12.9 Å². The second kappa shape index (κ2) is 3.79. The van der Waals surface area contributed by atoms with Crippen LogP contribution >= 0.6 is 15.9 Å². The van der Waals surface area contributed by atoms with E-state index < -0.39 is 0 Å². The first kappa shape index (κ1) is 9.20. The van der Waals surface area contributed by atoms with Crippen molar-refractivity contribution in [2.24, 2.45) is 5.92 Å². The molecule has 2 heteroatoms. The first-order valence-corrected chi connectivity index (χ1v) is 5.74. The molecule has 1 aliphatic carbocycles. The minimum absolute atomic E-state index is 0.641. The van der Waals surface area contributed by atoms with Gasteiger partial charge in [-0.2, -0.15) is 0 Å². The lowest BCUT2D eigenvalue weighted by molar-refractivity contribution is 0.744. The highest BCUT2D eigenvalue weighted by Gasteiger charge is 2.29. The van der Waals surface area contributed by atoms with Gasteiger partial charge in [0.1, 0.15) is 0 Å². The maximum absolute atomic E-state index is 4.49. The molecule has 1 fully saturated rings. The number of hydrogen-bond donors (Lipinski definition) is 0. The summed E-state index contributed by atoms with van der Waals surface area (Å²) in [5.74, 6) is 0.905. The van der Waals surface area contributed by atoms with Gasteiger partial charge < -0.3 is 0 Å². The monoisotopic (exact) mass is 239 g/mol. The summed E-state index contributed by atoms with van der Waals surface area (Å²) in [6, 6.07) is 6.25. The number of aromatic nitrogens is 1. The Bertz CT molecular complexity index is 294. The zero-order valence-electron chi connectivity index (χ0n) is 7.83. The number of alkyl halides is 1. The second-order valence-electron chi connectivity index (χ2n) is 3.83. The molecular weight excluding hydrogens is 226 g/mol. The van der Waals surface area contributed by atoms with Gasteiger partial charge in [-0.05, 0) is 37.8 Å². The number of hydrogen-bond acceptors (Lipinski definition) is 1. The zero-order chi connectivity index (χ0) is 9.26. The minimum atomic E-state index is 0.641. The van der Waals surface area contributed by atoms with Gasteiger partial charge in [-0.3, -0.25) is 4.98 Å². The lowest BCUT2D eigenvalue weighted by Gasteiger charge is -2.07. The van der Waals surface area contributed by atoms with E-state index in [4.69, 9.17) is 0 Å². The maximum Gasteiger partial charge on any atom is 0.0418 e. The van der Waals surface area contributed by atoms with Crippen LogP contribution in [-0.2, 0) is 6.42 Å². The number of nitrogens with zero attached hydrogens (tertiary/aromatic N) is 1. The highest BCUT2D eigenvalue weighted by atomic mass is 79.9. The van der Waals surface area contributed by atoms with E-state index in [1.54, 1.807) is 0 Å². The van der Waals surface area contributed by atoms with Gasteiger partial charge in [-0.25, -0.2) is 0 Å². The van der Waals surface area contributed by atoms with Gasteiger partial charge in [-0.15, -0.1) is 0 Å². The Morgan fingerprint density at radius 1 is 1.54 bits per heavy atom. The Balaban J connectivity index is 2.00. The molecule has 1 atom stereocenters. The molecule has 0 amide bonds. The van der Waals surface area contributed by atoms with Crippen molar-refractivity contribution in [3.05, 3.63) is 29.6 Å². The molecule has 1 aromatic heterocycles. The Kier molecular flexibility index (Phi) is 2.68. The van der Waals surface area contributed by atoms with Crippen LogP contribution in [0.15, 0.2) is 18.2 Å². The molecule has 1 aliphatic rings. The van der Waals surface area contributed by atoms with Crippen LogP contribution in [0.2, 0.25) is 0 Å². The summed E-state index contributed by atoms with van der Waals surface area (Å²) in [6.45, 7) is 2.05. The molecule has 1 aromatic rings. The van der Waals surface area contributed by atoms with Crippen LogP contribution in [0.25, 0.3) is 0 Å². The van der Waals surface area contributed by atoms with Crippen LogP contribution in [0.4, 0.5) is 0 Å². The van der Waals surface area contributed by atoms with Crippen molar-refractivity contribution in [2.45, 2.75) is 31.0 Å². The van der Waals surface area contributed by atoms with Crippen LogP contribution in [-0.4, -0.2) is 9.81 Å². The van der Waals surface area contributed by atoms with Crippen LogP contribution in [0.1, 0.15) is 24.2 Å². The van der Waals surface area contributed by atoms with Crippen LogP contribution in [0.5, 0.6) is 0 Å². The number of halogens is 1. The van der Waals surface area contributed by atoms with E-state index in [0.29, 0.717) is 4.83 Å². The van der Waals surface area contributed by atoms with Crippen molar-refractivity contribution in [3.63, 3.8) is 0 Å². The van der Waals surface area contributed by atoms with Crippen molar-refractivity contribution in [3.8, 4) is 0 Å². The molecule has 13 heavy (non-hydrogen) atoms. The van der Waals surface area contributed by atoms with E-state index in [1.165, 1.54) is 18.5 Å². The fourth-order valence-electron chi connectivity index (χ4n) is 1.54. The Morgan fingerprint density at radius 3 is 2.92 bits per heavy atom. The summed E-state index contributed by atoms with van der Waals surface area (Å²) in [5.41, 5.74) is 2.33. The summed E-state index contributed by atoms with van der Waals surface area (Å²) < 4.78 is 0. The smallest absolute Gasteiger partial charge is 0.0418 e. The zero-order valence-corrected chi connectivity index (χ0v) is 9.42. The third kappa shape index (κ3) is 2.53. The predicted molar refractivity (Wildman–Crippen MR) is 58.1 cm³/mol. The lowest BCUT2D eigenvalue weighted by atomic mass is 10.1. The van der Waals surface area contributed by atoms with Crippen LogP contribution < -0.4 is 0 Å². The standard InChI is InChI=1S/C11H14BrN/c1-8-3-2-4-10(13-8)7-11(12)9-5-6-9/h2-4,9,11H,5-7H2,1H3. The normalized spacial score (nSPS) is 18.6. The second-order valence-corrected chi connectivity index (χ2v) is 5.00. The molecule has 1 unspecified atom stereocenters. The first-order chi connectivity index (χ1) is 6.25. The molecule has 0 radical (unpaired) electrons. The molecule has 1 saturated carbocycles. The van der Waals surface area contributed by atoms with Crippen molar-refractivity contribution in [1.29, 1.82) is 0 Å². The molecular formula is C11H14BrN. The molecule has 0 aliphatic heterocycles. The van der Waals surface area contributed by atoms with Crippen molar-refractivity contribution in [1.82, 2.24) is 4.98 Å². The number of rotatable bonds is 3. The molecule has 2 rings (SSSR count). The van der Waals surface area contributed by atoms with Gasteiger partial charge in [-0.1, -0.05) is 22.0 Å². The van der Waals surface area contributed by atoms with E-state index in [2.05, 4.69) is 33.0 Å². The van der Waals surface area contributed by atoms with Crippen LogP contribution in [0.3, 0.4) is 0 Å². The van der Waals surface area contributed by atoms with Gasteiger partial charge in [0.15, 0.2) is 0 Å². The molecule has 1 heterocycles. The summed E-state index contributed by atoms with van der Waals surface area (Å²) in [7, 11) is 0. The predicted octanol–water partition coefficient (Wildman–Crippen LogP) is 3.11. The van der Waals surface area contributed by atoms with E-state index in [1.807, 2.05) is 13.0 Å². The van der Waals surface area contributed by atoms with Crippen molar-refractivity contribution in [2.75, 3.05) is 0 Å². The van der Waals surface area contributed by atoms with Crippen molar-refractivity contribution < 1.29 is 0 Å². The first-order valence-electron chi connectivity index (χ1n) is 4.82. The molecule has 70 valence electrons. The highest BCUT2D eigenvalue weighted by molar-refractivity contribution is 9.09. The van der Waals surface area contributed by atoms with Crippen molar-refractivity contribution >= 4 is 15.9 Å². The molecule has 0 spiro atoms. The fourth-order valence-corrected chi connectivity index (χ4v) is 2.40. The number of pyridine rings is 1. The van der Waals surface area contributed by atoms with Gasteiger partial charge >= 0.3 is 0 Å². The highest BCUT2D eigenvalue weighted by Crippen LogP contribution is 2.37. The minimum Gasteiger partial charge on any atom is -0.258 e. The summed E-state index contributed by atoms with van der Waals surface area (Å²) in [4.78, 5) is 5.13. The molecule has 0 saturated heterocycles. The summed E-state index contributed by atoms with van der Waals surface area (Å²) in [5, 5.41) is 0. The average molecular weight is 240 g/mol. The largest absolute Gasteiger partial charge is 0.258 e. The van der Waals surface area contributed by atoms with Crippen LogP contribution in [0, 0.1) is 12.8 Å². The average Bonchev–Trinajstić information content (AvgIpc) is 2.85. The van der Waals surface area contributed by atoms with Gasteiger partial charge in [0.25, 0.3) is 0 Å². The Hall–Kier alpha value is -0.370. The Labute approximate surface area is 87.7 Å². The third-order valence-electron chi connectivity index (χ3n) is 2.48.